The minimum atomic E-state index is 1.10. The van der Waals surface area contributed by atoms with E-state index >= 15 is 0 Å². The normalized spacial score (nSPS) is 11.9. The minimum Gasteiger partial charge on any atom is -0.310 e. The van der Waals surface area contributed by atoms with Gasteiger partial charge in [0.05, 0.1) is 22.1 Å². The quantitative estimate of drug-likeness (QED) is 0.163. The summed E-state index contributed by atoms with van der Waals surface area (Å²) in [5.41, 5.74) is 12.9. The predicted octanol–water partition coefficient (Wildman–Crippen LogP) is 16.5. The molecule has 0 unspecified atom stereocenters. The van der Waals surface area contributed by atoms with Crippen LogP contribution in [0.5, 0.6) is 0 Å². The molecule has 3 heterocycles. The molecule has 0 aliphatic rings. The molecule has 0 N–H and O–H groups in total. The topological polar surface area (TPSA) is 13.1 Å². The first kappa shape index (κ1) is 34.9. The van der Waals surface area contributed by atoms with E-state index in [0.717, 1.165) is 22.7 Å². The van der Waals surface area contributed by atoms with E-state index in [1.54, 1.807) is 0 Å². The molecule has 0 fully saturated rings. The lowest BCUT2D eigenvalue weighted by Gasteiger charge is -2.26. The standard InChI is InChI=1S/C58H37N3S/c1-3-15-42(16-4-1)60-52-21-11-9-19-47(52)50-37-46(30-33-53(50)60)59(45-29-25-38-13-7-8-14-40(38)35-45)44-27-23-39(24-28-44)41-26-32-54-51(36-41)57-55(61(54)43-17-5-2-6-18-43)34-31-49-48-20-10-12-22-56(48)62-58(49)57/h1-37H. The van der Waals surface area contributed by atoms with Gasteiger partial charge >= 0.3 is 0 Å². The van der Waals surface area contributed by atoms with Gasteiger partial charge in [-0.15, -0.1) is 11.3 Å². The maximum atomic E-state index is 2.43. The van der Waals surface area contributed by atoms with Crippen molar-refractivity contribution in [1.29, 1.82) is 0 Å². The van der Waals surface area contributed by atoms with Crippen molar-refractivity contribution in [1.82, 2.24) is 9.13 Å². The van der Waals surface area contributed by atoms with Gasteiger partial charge in [-0.2, -0.15) is 0 Å². The average Bonchev–Trinajstić information content (AvgIpc) is 4.00. The zero-order valence-corrected chi connectivity index (χ0v) is 34.4. The summed E-state index contributed by atoms with van der Waals surface area (Å²) in [6, 6.07) is 82.1. The first-order valence-corrected chi connectivity index (χ1v) is 22.0. The summed E-state index contributed by atoms with van der Waals surface area (Å²) in [5.74, 6) is 0. The largest absolute Gasteiger partial charge is 0.310 e. The van der Waals surface area contributed by atoms with E-state index in [-0.39, 0.29) is 0 Å². The third-order valence-corrected chi connectivity index (χ3v) is 13.9. The molecule has 0 aliphatic heterocycles. The molecule has 13 aromatic rings. The summed E-state index contributed by atoms with van der Waals surface area (Å²) in [6.07, 6.45) is 0. The van der Waals surface area contributed by atoms with Crippen LogP contribution >= 0.6 is 11.3 Å². The highest BCUT2D eigenvalue weighted by atomic mass is 32.1. The fraction of sp³-hybridized carbons (Fsp3) is 0. The molecule has 0 spiro atoms. The Hall–Kier alpha value is -7.92. The van der Waals surface area contributed by atoms with E-state index < -0.39 is 0 Å². The number of para-hydroxylation sites is 3. The number of hydrogen-bond acceptors (Lipinski definition) is 2. The van der Waals surface area contributed by atoms with Gasteiger partial charge in [0.25, 0.3) is 0 Å². The maximum absolute atomic E-state index is 2.43. The van der Waals surface area contributed by atoms with Gasteiger partial charge in [0.15, 0.2) is 0 Å². The zero-order chi connectivity index (χ0) is 40.7. The van der Waals surface area contributed by atoms with Gasteiger partial charge in [-0.25, -0.2) is 0 Å². The molecule has 4 heteroatoms. The Kier molecular flexibility index (Phi) is 7.78. The first-order chi connectivity index (χ1) is 30.7. The lowest BCUT2D eigenvalue weighted by molar-refractivity contribution is 1.18. The van der Waals surface area contributed by atoms with Gasteiger partial charge in [0.1, 0.15) is 0 Å². The van der Waals surface area contributed by atoms with Crippen LogP contribution in [0.25, 0.3) is 97.1 Å². The molecule has 3 nitrogen and oxygen atoms in total. The molecule has 10 aromatic carbocycles. The van der Waals surface area contributed by atoms with Gasteiger partial charge in [-0.1, -0.05) is 127 Å². The molecule has 0 saturated carbocycles. The van der Waals surface area contributed by atoms with Crippen molar-refractivity contribution < 1.29 is 0 Å². The Morgan fingerprint density at radius 1 is 0.323 bits per heavy atom. The molecule has 13 rings (SSSR count). The number of nitrogens with zero attached hydrogens (tertiary/aromatic N) is 3. The van der Waals surface area contributed by atoms with Crippen LogP contribution in [0.15, 0.2) is 224 Å². The minimum absolute atomic E-state index is 1.10. The number of hydrogen-bond donors (Lipinski definition) is 0. The molecular formula is C58H37N3S. The molecule has 0 bridgehead atoms. The van der Waals surface area contributed by atoms with Crippen LogP contribution in [-0.4, -0.2) is 9.13 Å². The number of benzene rings is 10. The first-order valence-electron chi connectivity index (χ1n) is 21.2. The highest BCUT2D eigenvalue weighted by Crippen LogP contribution is 2.45. The molecule has 0 atom stereocenters. The number of fused-ring (bicyclic) bond motifs is 11. The molecule has 0 saturated heterocycles. The molecular weight excluding hydrogens is 771 g/mol. The molecule has 0 amide bonds. The fourth-order valence-corrected chi connectivity index (χ4v) is 11.1. The third-order valence-electron chi connectivity index (χ3n) is 12.7. The van der Waals surface area contributed by atoms with Crippen LogP contribution in [0.3, 0.4) is 0 Å². The molecule has 0 aliphatic carbocycles. The zero-order valence-electron chi connectivity index (χ0n) is 33.6. The number of rotatable bonds is 6. The molecule has 3 aromatic heterocycles. The second kappa shape index (κ2) is 13.8. The Morgan fingerprint density at radius 2 is 0.887 bits per heavy atom. The van der Waals surface area contributed by atoms with Gasteiger partial charge < -0.3 is 14.0 Å². The van der Waals surface area contributed by atoms with E-state index in [1.807, 2.05) is 11.3 Å². The molecule has 0 radical (unpaired) electrons. The molecule has 62 heavy (non-hydrogen) atoms. The van der Waals surface area contributed by atoms with Gasteiger partial charge in [-0.05, 0) is 119 Å². The van der Waals surface area contributed by atoms with E-state index in [0.29, 0.717) is 0 Å². The van der Waals surface area contributed by atoms with Crippen molar-refractivity contribution in [2.75, 3.05) is 4.90 Å². The lowest BCUT2D eigenvalue weighted by atomic mass is 10.0. The van der Waals surface area contributed by atoms with Gasteiger partial charge in [-0.3, -0.25) is 0 Å². The fourth-order valence-electron chi connectivity index (χ4n) is 9.84. The molecule has 290 valence electrons. The van der Waals surface area contributed by atoms with Crippen molar-refractivity contribution in [3.63, 3.8) is 0 Å². The Labute approximate surface area is 362 Å². The summed E-state index contributed by atoms with van der Waals surface area (Å²) < 4.78 is 7.46. The van der Waals surface area contributed by atoms with E-state index in [1.165, 1.54) is 91.4 Å². The van der Waals surface area contributed by atoms with Crippen molar-refractivity contribution in [2.24, 2.45) is 0 Å². The summed E-state index contributed by atoms with van der Waals surface area (Å²) in [5, 5.41) is 10.1. The van der Waals surface area contributed by atoms with E-state index in [2.05, 4.69) is 238 Å². The summed E-state index contributed by atoms with van der Waals surface area (Å²) in [6.45, 7) is 0. The van der Waals surface area contributed by atoms with Crippen LogP contribution in [0.4, 0.5) is 17.1 Å². The van der Waals surface area contributed by atoms with Crippen LogP contribution < -0.4 is 4.90 Å². The average molecular weight is 808 g/mol. The van der Waals surface area contributed by atoms with Gasteiger partial charge in [0, 0.05) is 70.2 Å². The third kappa shape index (κ3) is 5.37. The second-order valence-electron chi connectivity index (χ2n) is 16.1. The van der Waals surface area contributed by atoms with Gasteiger partial charge in [0.2, 0.25) is 0 Å². The number of anilines is 3. The highest BCUT2D eigenvalue weighted by Gasteiger charge is 2.20. The van der Waals surface area contributed by atoms with Crippen LogP contribution in [0, 0.1) is 0 Å². The van der Waals surface area contributed by atoms with Crippen LogP contribution in [0.2, 0.25) is 0 Å². The Balaban J connectivity index is 0.977. The van der Waals surface area contributed by atoms with Crippen molar-refractivity contribution in [3.8, 4) is 22.5 Å². The summed E-state index contributed by atoms with van der Waals surface area (Å²) >= 11 is 1.90. The van der Waals surface area contributed by atoms with E-state index in [4.69, 9.17) is 0 Å². The predicted molar refractivity (Wildman–Crippen MR) is 266 cm³/mol. The van der Waals surface area contributed by atoms with Crippen molar-refractivity contribution in [2.45, 2.75) is 0 Å². The van der Waals surface area contributed by atoms with Crippen LogP contribution in [-0.2, 0) is 0 Å². The smallest absolute Gasteiger partial charge is 0.0555 e. The SMILES string of the molecule is c1ccc(-n2c3ccccc3c3cc(N(c4ccc(-c5ccc6c(c5)c5c7sc8ccccc8c7ccc5n6-c5ccccc5)cc4)c4ccc5ccccc5c4)ccc32)cc1. The highest BCUT2D eigenvalue weighted by molar-refractivity contribution is 7.26. The summed E-state index contributed by atoms with van der Waals surface area (Å²) in [7, 11) is 0. The van der Waals surface area contributed by atoms with E-state index in [9.17, 15) is 0 Å². The number of thiophene rings is 1. The Bertz CT molecular complexity index is 3860. The Morgan fingerprint density at radius 3 is 1.69 bits per heavy atom. The van der Waals surface area contributed by atoms with Crippen molar-refractivity contribution in [3.05, 3.63) is 224 Å². The number of aromatic nitrogens is 2. The monoisotopic (exact) mass is 807 g/mol. The van der Waals surface area contributed by atoms with Crippen LogP contribution in [0.1, 0.15) is 0 Å². The second-order valence-corrected chi connectivity index (χ2v) is 17.2. The maximum Gasteiger partial charge on any atom is 0.0555 e. The lowest BCUT2D eigenvalue weighted by Crippen LogP contribution is -2.10. The summed E-state index contributed by atoms with van der Waals surface area (Å²) in [4.78, 5) is 2.40. The van der Waals surface area contributed by atoms with Crippen molar-refractivity contribution >= 4 is 103 Å².